The standard InChI is InChI=1S/C11H18N2O2/c1-15-10-6-5-8-13-11(10)12-7-3-2-4-9-14/h5-6,8,14H,2-4,7,9H2,1H3,(H,12,13). The third kappa shape index (κ3) is 4.16. The Morgan fingerprint density at radius 3 is 3.00 bits per heavy atom. The van der Waals surface area contributed by atoms with Gasteiger partial charge in [-0.25, -0.2) is 4.98 Å². The smallest absolute Gasteiger partial charge is 0.168 e. The molecule has 4 nitrogen and oxygen atoms in total. The van der Waals surface area contributed by atoms with Crippen molar-refractivity contribution in [2.75, 3.05) is 25.6 Å². The molecule has 4 heteroatoms. The van der Waals surface area contributed by atoms with Crippen LogP contribution >= 0.6 is 0 Å². The molecular weight excluding hydrogens is 192 g/mol. The predicted octanol–water partition coefficient (Wildman–Crippen LogP) is 1.66. The van der Waals surface area contributed by atoms with Crippen LogP contribution in [0, 0.1) is 0 Å². The number of rotatable bonds is 7. The molecule has 0 radical (unpaired) electrons. The first-order chi connectivity index (χ1) is 7.38. The van der Waals surface area contributed by atoms with Gasteiger partial charge in [0.15, 0.2) is 11.6 Å². The van der Waals surface area contributed by atoms with Crippen LogP contribution < -0.4 is 10.1 Å². The third-order valence-corrected chi connectivity index (χ3v) is 2.12. The zero-order valence-corrected chi connectivity index (χ0v) is 9.07. The Morgan fingerprint density at radius 1 is 1.40 bits per heavy atom. The van der Waals surface area contributed by atoms with Crippen molar-refractivity contribution < 1.29 is 9.84 Å². The van der Waals surface area contributed by atoms with Gasteiger partial charge in [-0.1, -0.05) is 0 Å². The van der Waals surface area contributed by atoms with Gasteiger partial charge in [0.25, 0.3) is 0 Å². The molecule has 0 aromatic carbocycles. The summed E-state index contributed by atoms with van der Waals surface area (Å²) in [6.45, 7) is 1.13. The number of hydrogen-bond donors (Lipinski definition) is 2. The highest BCUT2D eigenvalue weighted by Crippen LogP contribution is 2.19. The van der Waals surface area contributed by atoms with Crippen LogP contribution in [0.2, 0.25) is 0 Å². The Morgan fingerprint density at radius 2 is 2.27 bits per heavy atom. The molecule has 0 bridgehead atoms. The Labute approximate surface area is 90.3 Å². The Balaban J connectivity index is 2.30. The maximum Gasteiger partial charge on any atom is 0.168 e. The molecule has 0 aliphatic carbocycles. The van der Waals surface area contributed by atoms with Gasteiger partial charge in [0.05, 0.1) is 7.11 Å². The van der Waals surface area contributed by atoms with Crippen molar-refractivity contribution in [1.29, 1.82) is 0 Å². The summed E-state index contributed by atoms with van der Waals surface area (Å²) in [6.07, 6.45) is 4.65. The maximum atomic E-state index is 8.61. The maximum absolute atomic E-state index is 8.61. The molecule has 15 heavy (non-hydrogen) atoms. The number of ether oxygens (including phenoxy) is 1. The normalized spacial score (nSPS) is 10.0. The molecule has 0 aliphatic rings. The number of aliphatic hydroxyl groups excluding tert-OH is 1. The van der Waals surface area contributed by atoms with Crippen LogP contribution in [0.25, 0.3) is 0 Å². The summed E-state index contributed by atoms with van der Waals surface area (Å²) < 4.78 is 5.16. The average Bonchev–Trinajstić information content (AvgIpc) is 2.29. The Kier molecular flexibility index (Phi) is 5.55. The lowest BCUT2D eigenvalue weighted by atomic mass is 10.2. The SMILES string of the molecule is COc1cccnc1NCCCCCO. The molecule has 0 atom stereocenters. The van der Waals surface area contributed by atoms with Gasteiger partial charge in [-0.3, -0.25) is 0 Å². The van der Waals surface area contributed by atoms with E-state index >= 15 is 0 Å². The van der Waals surface area contributed by atoms with E-state index < -0.39 is 0 Å². The van der Waals surface area contributed by atoms with E-state index in [1.54, 1.807) is 13.3 Å². The van der Waals surface area contributed by atoms with Gasteiger partial charge in [-0.2, -0.15) is 0 Å². The lowest BCUT2D eigenvalue weighted by molar-refractivity contribution is 0.283. The fourth-order valence-electron chi connectivity index (χ4n) is 1.31. The molecule has 2 N–H and O–H groups in total. The number of hydrogen-bond acceptors (Lipinski definition) is 4. The molecule has 0 fully saturated rings. The summed E-state index contributed by atoms with van der Waals surface area (Å²) in [4.78, 5) is 4.18. The number of unbranched alkanes of at least 4 members (excludes halogenated alkanes) is 2. The number of aliphatic hydroxyl groups is 1. The minimum Gasteiger partial charge on any atom is -0.493 e. The quantitative estimate of drug-likeness (QED) is 0.672. The van der Waals surface area contributed by atoms with Gasteiger partial charge in [0.2, 0.25) is 0 Å². The number of anilines is 1. The largest absolute Gasteiger partial charge is 0.493 e. The zero-order valence-electron chi connectivity index (χ0n) is 9.07. The van der Waals surface area contributed by atoms with Crippen molar-refractivity contribution in [3.63, 3.8) is 0 Å². The highest BCUT2D eigenvalue weighted by Gasteiger charge is 2.00. The highest BCUT2D eigenvalue weighted by molar-refractivity contribution is 5.49. The van der Waals surface area contributed by atoms with Crippen LogP contribution in [0.3, 0.4) is 0 Å². The van der Waals surface area contributed by atoms with E-state index in [4.69, 9.17) is 9.84 Å². The molecule has 1 aromatic rings. The van der Waals surface area contributed by atoms with E-state index in [1.807, 2.05) is 12.1 Å². The molecule has 0 saturated carbocycles. The van der Waals surface area contributed by atoms with E-state index in [2.05, 4.69) is 10.3 Å². The first-order valence-electron chi connectivity index (χ1n) is 5.22. The van der Waals surface area contributed by atoms with Crippen molar-refractivity contribution in [1.82, 2.24) is 4.98 Å². The third-order valence-electron chi connectivity index (χ3n) is 2.12. The minimum absolute atomic E-state index is 0.271. The molecule has 0 aliphatic heterocycles. The molecule has 0 unspecified atom stereocenters. The van der Waals surface area contributed by atoms with Gasteiger partial charge in [-0.15, -0.1) is 0 Å². The summed E-state index contributed by atoms with van der Waals surface area (Å²) >= 11 is 0. The predicted molar refractivity (Wildman–Crippen MR) is 60.2 cm³/mol. The van der Waals surface area contributed by atoms with Crippen LogP contribution in [0.5, 0.6) is 5.75 Å². The molecule has 1 rings (SSSR count). The second-order valence-electron chi connectivity index (χ2n) is 3.27. The van der Waals surface area contributed by atoms with Crippen LogP contribution in [0.1, 0.15) is 19.3 Å². The van der Waals surface area contributed by atoms with Crippen LogP contribution in [-0.2, 0) is 0 Å². The first kappa shape index (κ1) is 11.8. The molecular formula is C11H18N2O2. The molecule has 0 amide bonds. The van der Waals surface area contributed by atoms with E-state index in [0.717, 1.165) is 37.4 Å². The monoisotopic (exact) mass is 210 g/mol. The zero-order chi connectivity index (χ0) is 10.9. The first-order valence-corrected chi connectivity index (χ1v) is 5.22. The number of pyridine rings is 1. The number of methoxy groups -OCH3 is 1. The lowest BCUT2D eigenvalue weighted by Gasteiger charge is -2.08. The summed E-state index contributed by atoms with van der Waals surface area (Å²) in [7, 11) is 1.63. The van der Waals surface area contributed by atoms with Crippen molar-refractivity contribution in [3.8, 4) is 5.75 Å². The van der Waals surface area contributed by atoms with Crippen molar-refractivity contribution in [2.45, 2.75) is 19.3 Å². The van der Waals surface area contributed by atoms with Crippen LogP contribution in [0.15, 0.2) is 18.3 Å². The van der Waals surface area contributed by atoms with Gasteiger partial charge in [0, 0.05) is 19.3 Å². The summed E-state index contributed by atoms with van der Waals surface area (Å²) in [6, 6.07) is 3.72. The van der Waals surface area contributed by atoms with Crippen LogP contribution in [0.4, 0.5) is 5.82 Å². The summed E-state index contributed by atoms with van der Waals surface area (Å²) in [5.74, 6) is 1.55. The summed E-state index contributed by atoms with van der Waals surface area (Å²) in [5, 5.41) is 11.8. The Bertz CT molecular complexity index is 279. The number of nitrogens with one attached hydrogen (secondary N) is 1. The van der Waals surface area contributed by atoms with Crippen molar-refractivity contribution in [2.24, 2.45) is 0 Å². The Hall–Kier alpha value is -1.29. The average molecular weight is 210 g/mol. The fraction of sp³-hybridized carbons (Fsp3) is 0.545. The summed E-state index contributed by atoms with van der Waals surface area (Å²) in [5.41, 5.74) is 0. The molecule has 84 valence electrons. The second kappa shape index (κ2) is 7.06. The number of nitrogens with zero attached hydrogens (tertiary/aromatic N) is 1. The van der Waals surface area contributed by atoms with Gasteiger partial charge < -0.3 is 15.2 Å². The molecule has 1 heterocycles. The molecule has 0 saturated heterocycles. The molecule has 1 aromatic heterocycles. The van der Waals surface area contributed by atoms with Crippen LogP contribution in [-0.4, -0.2) is 30.4 Å². The highest BCUT2D eigenvalue weighted by atomic mass is 16.5. The van der Waals surface area contributed by atoms with Gasteiger partial charge >= 0.3 is 0 Å². The number of aromatic nitrogens is 1. The second-order valence-corrected chi connectivity index (χ2v) is 3.27. The minimum atomic E-state index is 0.271. The van der Waals surface area contributed by atoms with Gasteiger partial charge in [0.1, 0.15) is 0 Å². The van der Waals surface area contributed by atoms with Gasteiger partial charge in [-0.05, 0) is 31.4 Å². The van der Waals surface area contributed by atoms with E-state index in [9.17, 15) is 0 Å². The van der Waals surface area contributed by atoms with E-state index in [1.165, 1.54) is 0 Å². The van der Waals surface area contributed by atoms with E-state index in [0.29, 0.717) is 0 Å². The lowest BCUT2D eigenvalue weighted by Crippen LogP contribution is -2.05. The van der Waals surface area contributed by atoms with Crippen molar-refractivity contribution >= 4 is 5.82 Å². The molecule has 0 spiro atoms. The topological polar surface area (TPSA) is 54.4 Å². The van der Waals surface area contributed by atoms with Crippen molar-refractivity contribution in [3.05, 3.63) is 18.3 Å². The van der Waals surface area contributed by atoms with E-state index in [-0.39, 0.29) is 6.61 Å². The fourth-order valence-corrected chi connectivity index (χ4v) is 1.31.